The van der Waals surface area contributed by atoms with Crippen LogP contribution in [0.2, 0.25) is 0 Å². The van der Waals surface area contributed by atoms with Gasteiger partial charge in [0.15, 0.2) is 11.4 Å². The Balaban J connectivity index is 1.56. The molecule has 2 aliphatic heterocycles. The van der Waals surface area contributed by atoms with E-state index in [0.717, 1.165) is 37.3 Å². The standard InChI is InChI=1S/C16H20N4O2/c1-3-4-8-16(18-19-16)9-7-15(21)20-10-5-6-13(20)14-11-12(2)17-22-14/h1,11,13H,4-10H2,2H3. The van der Waals surface area contributed by atoms with Gasteiger partial charge in [0.05, 0.1) is 11.7 Å². The van der Waals surface area contributed by atoms with Gasteiger partial charge in [-0.2, -0.15) is 10.2 Å². The lowest BCUT2D eigenvalue weighted by molar-refractivity contribution is -0.132. The average molecular weight is 300 g/mol. The third-order valence-corrected chi connectivity index (χ3v) is 4.34. The first-order valence-electron chi connectivity index (χ1n) is 7.74. The van der Waals surface area contributed by atoms with Crippen LogP contribution in [0.15, 0.2) is 20.8 Å². The fourth-order valence-corrected chi connectivity index (χ4v) is 3.02. The van der Waals surface area contributed by atoms with Gasteiger partial charge < -0.3 is 9.42 Å². The highest BCUT2D eigenvalue weighted by atomic mass is 16.5. The minimum Gasteiger partial charge on any atom is -0.359 e. The summed E-state index contributed by atoms with van der Waals surface area (Å²) < 4.78 is 5.34. The van der Waals surface area contributed by atoms with Crippen LogP contribution in [0.3, 0.4) is 0 Å². The Kier molecular flexibility index (Phi) is 3.97. The molecule has 0 N–H and O–H groups in total. The van der Waals surface area contributed by atoms with Gasteiger partial charge in [-0.15, -0.1) is 12.3 Å². The number of terminal acetylenes is 1. The fraction of sp³-hybridized carbons (Fsp3) is 0.625. The van der Waals surface area contributed by atoms with E-state index in [9.17, 15) is 4.79 Å². The molecule has 1 atom stereocenters. The Morgan fingerprint density at radius 3 is 3.00 bits per heavy atom. The van der Waals surface area contributed by atoms with Gasteiger partial charge in [0.2, 0.25) is 5.91 Å². The number of rotatable bonds is 6. The largest absolute Gasteiger partial charge is 0.359 e. The van der Waals surface area contributed by atoms with Gasteiger partial charge in [0.1, 0.15) is 0 Å². The van der Waals surface area contributed by atoms with E-state index in [2.05, 4.69) is 21.3 Å². The summed E-state index contributed by atoms with van der Waals surface area (Å²) in [4.78, 5) is 14.4. The van der Waals surface area contributed by atoms with E-state index in [-0.39, 0.29) is 17.6 Å². The second kappa shape index (κ2) is 5.91. The quantitative estimate of drug-likeness (QED) is 0.758. The molecule has 1 aromatic rings. The number of aromatic nitrogens is 1. The molecular formula is C16H20N4O2. The van der Waals surface area contributed by atoms with E-state index in [4.69, 9.17) is 10.9 Å². The number of nitrogens with zero attached hydrogens (tertiary/aromatic N) is 4. The number of carbonyl (C=O) groups excluding carboxylic acids is 1. The Morgan fingerprint density at radius 2 is 2.36 bits per heavy atom. The second-order valence-electron chi connectivity index (χ2n) is 6.00. The molecule has 116 valence electrons. The van der Waals surface area contributed by atoms with Crippen molar-refractivity contribution >= 4 is 5.91 Å². The van der Waals surface area contributed by atoms with Gasteiger partial charge >= 0.3 is 0 Å². The molecule has 0 aromatic carbocycles. The van der Waals surface area contributed by atoms with E-state index in [1.54, 1.807) is 0 Å². The summed E-state index contributed by atoms with van der Waals surface area (Å²) in [5.74, 6) is 3.52. The lowest BCUT2D eigenvalue weighted by Gasteiger charge is -2.23. The van der Waals surface area contributed by atoms with E-state index >= 15 is 0 Å². The summed E-state index contributed by atoms with van der Waals surface area (Å²) in [7, 11) is 0. The monoisotopic (exact) mass is 300 g/mol. The first-order chi connectivity index (χ1) is 10.6. The number of carbonyl (C=O) groups is 1. The Bertz CT molecular complexity index is 622. The van der Waals surface area contributed by atoms with Gasteiger partial charge in [0, 0.05) is 38.3 Å². The zero-order valence-corrected chi connectivity index (χ0v) is 12.8. The van der Waals surface area contributed by atoms with E-state index < -0.39 is 0 Å². The molecule has 0 aliphatic carbocycles. The molecule has 0 saturated carbocycles. The number of amides is 1. The molecule has 0 spiro atoms. The molecular weight excluding hydrogens is 280 g/mol. The van der Waals surface area contributed by atoms with E-state index in [0.29, 0.717) is 19.3 Å². The van der Waals surface area contributed by atoms with E-state index in [1.807, 2.05) is 17.9 Å². The van der Waals surface area contributed by atoms with Crippen molar-refractivity contribution in [2.24, 2.45) is 10.2 Å². The summed E-state index contributed by atoms with van der Waals surface area (Å²) in [6.07, 6.45) is 9.67. The molecule has 2 aliphatic rings. The Labute approximate surface area is 129 Å². The molecule has 6 nitrogen and oxygen atoms in total. The van der Waals surface area contributed by atoms with Crippen molar-refractivity contribution in [2.75, 3.05) is 6.54 Å². The van der Waals surface area contributed by atoms with Crippen LogP contribution in [0, 0.1) is 19.3 Å². The van der Waals surface area contributed by atoms with Crippen LogP contribution < -0.4 is 0 Å². The zero-order chi connectivity index (χ0) is 15.6. The molecule has 1 fully saturated rings. The van der Waals surface area contributed by atoms with Crippen molar-refractivity contribution in [2.45, 2.75) is 57.2 Å². The molecule has 1 unspecified atom stereocenters. The van der Waals surface area contributed by atoms with Crippen LogP contribution in [0.5, 0.6) is 0 Å². The minimum absolute atomic E-state index is 0.0171. The normalized spacial score (nSPS) is 21.8. The first kappa shape index (κ1) is 14.8. The predicted octanol–water partition coefficient (Wildman–Crippen LogP) is 3.00. The average Bonchev–Trinajstić information content (AvgIpc) is 2.91. The Hall–Kier alpha value is -2.16. The van der Waals surface area contributed by atoms with Crippen molar-refractivity contribution in [3.63, 3.8) is 0 Å². The number of hydrogen-bond acceptors (Lipinski definition) is 5. The zero-order valence-electron chi connectivity index (χ0n) is 12.8. The van der Waals surface area contributed by atoms with Crippen LogP contribution in [0.1, 0.15) is 56.0 Å². The third kappa shape index (κ3) is 3.03. The van der Waals surface area contributed by atoms with Crippen LogP contribution in [-0.4, -0.2) is 28.2 Å². The number of aryl methyl sites for hydroxylation is 1. The topological polar surface area (TPSA) is 71.1 Å². The van der Waals surface area contributed by atoms with Crippen LogP contribution in [0.25, 0.3) is 0 Å². The predicted molar refractivity (Wildman–Crippen MR) is 79.8 cm³/mol. The van der Waals surface area contributed by atoms with Crippen LogP contribution in [-0.2, 0) is 4.79 Å². The third-order valence-electron chi connectivity index (χ3n) is 4.34. The number of hydrogen-bond donors (Lipinski definition) is 0. The highest BCUT2D eigenvalue weighted by Crippen LogP contribution is 2.39. The maximum Gasteiger partial charge on any atom is 0.223 e. The summed E-state index contributed by atoms with van der Waals surface area (Å²) in [5, 5.41) is 12.1. The molecule has 1 saturated heterocycles. The highest BCUT2D eigenvalue weighted by Gasteiger charge is 2.40. The van der Waals surface area contributed by atoms with Crippen molar-refractivity contribution in [1.82, 2.24) is 10.1 Å². The summed E-state index contributed by atoms with van der Waals surface area (Å²) in [6.45, 7) is 2.66. The van der Waals surface area contributed by atoms with Gasteiger partial charge in [-0.1, -0.05) is 5.16 Å². The smallest absolute Gasteiger partial charge is 0.223 e. The Morgan fingerprint density at radius 1 is 1.55 bits per heavy atom. The highest BCUT2D eigenvalue weighted by molar-refractivity contribution is 5.77. The SMILES string of the molecule is C#CCCC1(CCC(=O)N2CCCC2c2cc(C)no2)N=N1. The van der Waals surface area contributed by atoms with Crippen LogP contribution >= 0.6 is 0 Å². The van der Waals surface area contributed by atoms with Gasteiger partial charge in [-0.05, 0) is 19.8 Å². The fourth-order valence-electron chi connectivity index (χ4n) is 3.02. The molecule has 3 heterocycles. The molecule has 22 heavy (non-hydrogen) atoms. The van der Waals surface area contributed by atoms with E-state index in [1.165, 1.54) is 0 Å². The maximum absolute atomic E-state index is 12.5. The van der Waals surface area contributed by atoms with Crippen molar-refractivity contribution < 1.29 is 9.32 Å². The lowest BCUT2D eigenvalue weighted by atomic mass is 10.0. The van der Waals surface area contributed by atoms with Gasteiger partial charge in [-0.3, -0.25) is 4.79 Å². The second-order valence-corrected chi connectivity index (χ2v) is 6.00. The molecule has 0 radical (unpaired) electrons. The number of likely N-dealkylation sites (tertiary alicyclic amines) is 1. The van der Waals surface area contributed by atoms with Crippen molar-refractivity contribution in [1.29, 1.82) is 0 Å². The van der Waals surface area contributed by atoms with Gasteiger partial charge in [-0.25, -0.2) is 0 Å². The molecule has 1 aromatic heterocycles. The lowest BCUT2D eigenvalue weighted by Crippen LogP contribution is -2.31. The summed E-state index contributed by atoms with van der Waals surface area (Å²) in [5.41, 5.74) is 0.457. The molecule has 0 bridgehead atoms. The summed E-state index contributed by atoms with van der Waals surface area (Å²) >= 11 is 0. The maximum atomic E-state index is 12.5. The minimum atomic E-state index is -0.389. The van der Waals surface area contributed by atoms with Crippen molar-refractivity contribution in [3.8, 4) is 12.3 Å². The van der Waals surface area contributed by atoms with Gasteiger partial charge in [0.25, 0.3) is 0 Å². The molecule has 6 heteroatoms. The molecule has 3 rings (SSSR count). The first-order valence-corrected chi connectivity index (χ1v) is 7.74. The molecule has 1 amide bonds. The van der Waals surface area contributed by atoms with Crippen molar-refractivity contribution in [3.05, 3.63) is 17.5 Å². The summed E-state index contributed by atoms with van der Waals surface area (Å²) in [6, 6.07) is 1.93. The van der Waals surface area contributed by atoms with Crippen LogP contribution in [0.4, 0.5) is 0 Å².